The number of ether oxygens (including phenoxy) is 1. The zero-order valence-corrected chi connectivity index (χ0v) is 18.3. The van der Waals surface area contributed by atoms with Gasteiger partial charge in [0.15, 0.2) is 0 Å². The molecule has 3 rings (SSSR count). The average molecular weight is 412 g/mol. The first-order chi connectivity index (χ1) is 14.2. The number of para-hydroxylation sites is 1. The number of amides is 1. The van der Waals surface area contributed by atoms with Crippen LogP contribution in [-0.2, 0) is 16.6 Å². The first-order valence-corrected chi connectivity index (χ1v) is 9.75. The number of aliphatic hydroxyl groups excluding tert-OH is 1. The molecular formula is C22H28N4O4. The lowest BCUT2D eigenvalue weighted by atomic mass is 9.94. The first-order valence-electron chi connectivity index (χ1n) is 9.75. The van der Waals surface area contributed by atoms with Crippen molar-refractivity contribution in [2.75, 3.05) is 34.3 Å². The number of aliphatic hydroxyl groups is 1. The van der Waals surface area contributed by atoms with Crippen molar-refractivity contribution in [2.45, 2.75) is 19.9 Å². The highest BCUT2D eigenvalue weighted by atomic mass is 16.5. The van der Waals surface area contributed by atoms with E-state index in [9.17, 15) is 14.7 Å². The van der Waals surface area contributed by atoms with Crippen molar-refractivity contribution in [1.82, 2.24) is 19.6 Å². The third-order valence-electron chi connectivity index (χ3n) is 5.51. The SMILES string of the molecule is COc1ccccc1[C@H]1C(=C(O)c2c(C)nn(C)c2C)C(=O)C(=O)N1CCN(C)C. The van der Waals surface area contributed by atoms with Crippen LogP contribution in [0, 0.1) is 13.8 Å². The van der Waals surface area contributed by atoms with Gasteiger partial charge in [-0.05, 0) is 34.0 Å². The molecule has 1 fully saturated rings. The number of benzene rings is 1. The second kappa shape index (κ2) is 8.31. The molecule has 30 heavy (non-hydrogen) atoms. The average Bonchev–Trinajstić information content (AvgIpc) is 3.11. The fraction of sp³-hybridized carbons (Fsp3) is 0.409. The molecule has 8 nitrogen and oxygen atoms in total. The van der Waals surface area contributed by atoms with E-state index >= 15 is 0 Å². The van der Waals surface area contributed by atoms with Crippen LogP contribution in [0.25, 0.3) is 5.76 Å². The number of Topliss-reactive ketones (excluding diaryl/α,β-unsaturated/α-hetero) is 1. The number of aromatic nitrogens is 2. The minimum Gasteiger partial charge on any atom is -0.507 e. The van der Waals surface area contributed by atoms with Crippen LogP contribution in [0.2, 0.25) is 0 Å². The van der Waals surface area contributed by atoms with Gasteiger partial charge in [0.1, 0.15) is 11.5 Å². The van der Waals surface area contributed by atoms with Gasteiger partial charge >= 0.3 is 0 Å². The predicted octanol–water partition coefficient (Wildman–Crippen LogP) is 2.03. The summed E-state index contributed by atoms with van der Waals surface area (Å²) >= 11 is 0. The summed E-state index contributed by atoms with van der Waals surface area (Å²) in [4.78, 5) is 29.5. The maximum atomic E-state index is 13.1. The van der Waals surface area contributed by atoms with Crippen LogP contribution in [0.1, 0.15) is 28.6 Å². The number of carbonyl (C=O) groups excluding carboxylic acids is 2. The molecule has 0 spiro atoms. The van der Waals surface area contributed by atoms with E-state index in [0.717, 1.165) is 0 Å². The van der Waals surface area contributed by atoms with E-state index in [0.29, 0.717) is 41.4 Å². The summed E-state index contributed by atoms with van der Waals surface area (Å²) in [5.41, 5.74) is 2.48. The van der Waals surface area contributed by atoms with Gasteiger partial charge in [-0.2, -0.15) is 5.10 Å². The molecule has 2 aromatic rings. The van der Waals surface area contributed by atoms with E-state index in [2.05, 4.69) is 5.10 Å². The summed E-state index contributed by atoms with van der Waals surface area (Å²) in [7, 11) is 7.11. The van der Waals surface area contributed by atoms with Crippen LogP contribution >= 0.6 is 0 Å². The molecule has 1 N–H and O–H groups in total. The number of aryl methyl sites for hydroxylation is 2. The maximum absolute atomic E-state index is 13.1. The summed E-state index contributed by atoms with van der Waals surface area (Å²) in [6, 6.07) is 6.49. The Kier molecular flexibility index (Phi) is 5.98. The summed E-state index contributed by atoms with van der Waals surface area (Å²) < 4.78 is 7.15. The molecule has 1 aromatic heterocycles. The first kappa shape index (κ1) is 21.6. The molecular weight excluding hydrogens is 384 g/mol. The number of nitrogens with zero attached hydrogens (tertiary/aromatic N) is 4. The highest BCUT2D eigenvalue weighted by Crippen LogP contribution is 2.43. The van der Waals surface area contributed by atoms with Crippen molar-refractivity contribution < 1.29 is 19.4 Å². The fourth-order valence-electron chi connectivity index (χ4n) is 3.89. The zero-order chi connectivity index (χ0) is 22.2. The van der Waals surface area contributed by atoms with Crippen molar-refractivity contribution >= 4 is 17.4 Å². The molecule has 1 atom stereocenters. The summed E-state index contributed by atoms with van der Waals surface area (Å²) in [5, 5.41) is 15.6. The van der Waals surface area contributed by atoms with Crippen molar-refractivity contribution in [2.24, 2.45) is 7.05 Å². The predicted molar refractivity (Wildman–Crippen MR) is 113 cm³/mol. The Labute approximate surface area is 176 Å². The number of hydrogen-bond acceptors (Lipinski definition) is 6. The van der Waals surface area contributed by atoms with Gasteiger partial charge in [0.05, 0.1) is 30.0 Å². The highest BCUT2D eigenvalue weighted by molar-refractivity contribution is 6.46. The number of methoxy groups -OCH3 is 1. The topological polar surface area (TPSA) is 87.9 Å². The monoisotopic (exact) mass is 412 g/mol. The lowest BCUT2D eigenvalue weighted by Crippen LogP contribution is -2.35. The van der Waals surface area contributed by atoms with Gasteiger partial charge in [-0.3, -0.25) is 14.3 Å². The van der Waals surface area contributed by atoms with Crippen LogP contribution < -0.4 is 4.74 Å². The lowest BCUT2D eigenvalue weighted by molar-refractivity contribution is -0.140. The van der Waals surface area contributed by atoms with Gasteiger partial charge in [-0.1, -0.05) is 18.2 Å². The molecule has 0 unspecified atom stereocenters. The van der Waals surface area contributed by atoms with Gasteiger partial charge in [-0.25, -0.2) is 0 Å². The second-order valence-corrected chi connectivity index (χ2v) is 7.71. The van der Waals surface area contributed by atoms with Gasteiger partial charge in [0.2, 0.25) is 0 Å². The second-order valence-electron chi connectivity index (χ2n) is 7.71. The minimum atomic E-state index is -0.750. The third-order valence-corrected chi connectivity index (χ3v) is 5.51. The Hall–Kier alpha value is -3.13. The molecule has 0 bridgehead atoms. The summed E-state index contributed by atoms with van der Waals surface area (Å²) in [6.45, 7) is 4.49. The molecule has 1 amide bonds. The van der Waals surface area contributed by atoms with Gasteiger partial charge in [-0.15, -0.1) is 0 Å². The van der Waals surface area contributed by atoms with Gasteiger partial charge in [0, 0.05) is 31.4 Å². The summed E-state index contributed by atoms with van der Waals surface area (Å²) in [5.74, 6) is -0.997. The summed E-state index contributed by atoms with van der Waals surface area (Å²) in [6.07, 6.45) is 0. The van der Waals surface area contributed by atoms with E-state index in [-0.39, 0.29) is 11.3 Å². The number of likely N-dealkylation sites (N-methyl/N-ethyl adjacent to an activating group) is 1. The van der Waals surface area contributed by atoms with E-state index < -0.39 is 17.7 Å². The molecule has 1 aliphatic rings. The lowest BCUT2D eigenvalue weighted by Gasteiger charge is -2.27. The zero-order valence-electron chi connectivity index (χ0n) is 18.3. The van der Waals surface area contributed by atoms with Crippen LogP contribution in [0.5, 0.6) is 5.75 Å². The molecule has 2 heterocycles. The van der Waals surface area contributed by atoms with Crippen molar-refractivity contribution in [3.8, 4) is 5.75 Å². The molecule has 1 aromatic carbocycles. The van der Waals surface area contributed by atoms with Crippen LogP contribution in [0.4, 0.5) is 0 Å². The Morgan fingerprint density at radius 3 is 2.47 bits per heavy atom. The van der Waals surface area contributed by atoms with Crippen molar-refractivity contribution in [1.29, 1.82) is 0 Å². The van der Waals surface area contributed by atoms with E-state index in [1.54, 1.807) is 31.8 Å². The number of carbonyl (C=O) groups is 2. The molecule has 0 aliphatic carbocycles. The Balaban J connectivity index is 2.25. The highest BCUT2D eigenvalue weighted by Gasteiger charge is 2.47. The molecule has 1 aliphatic heterocycles. The van der Waals surface area contributed by atoms with Crippen molar-refractivity contribution in [3.63, 3.8) is 0 Å². The smallest absolute Gasteiger partial charge is 0.295 e. The number of hydrogen-bond donors (Lipinski definition) is 1. The number of likely N-dealkylation sites (tertiary alicyclic amines) is 1. The van der Waals surface area contributed by atoms with Gasteiger partial charge < -0.3 is 19.6 Å². The Bertz CT molecular complexity index is 1020. The minimum absolute atomic E-state index is 0.0578. The van der Waals surface area contributed by atoms with Crippen molar-refractivity contribution in [3.05, 3.63) is 52.4 Å². The normalized spacial score (nSPS) is 18.5. The molecule has 160 valence electrons. The van der Waals surface area contributed by atoms with E-state index in [1.165, 1.54) is 4.90 Å². The van der Waals surface area contributed by atoms with E-state index in [4.69, 9.17) is 4.74 Å². The largest absolute Gasteiger partial charge is 0.507 e. The Morgan fingerprint density at radius 2 is 1.90 bits per heavy atom. The molecule has 1 saturated heterocycles. The van der Waals surface area contributed by atoms with Crippen LogP contribution in [0.3, 0.4) is 0 Å². The Morgan fingerprint density at radius 1 is 1.23 bits per heavy atom. The van der Waals surface area contributed by atoms with Crippen LogP contribution in [-0.4, -0.2) is 70.7 Å². The quantitative estimate of drug-likeness (QED) is 0.444. The third kappa shape index (κ3) is 3.59. The molecule has 0 saturated carbocycles. The maximum Gasteiger partial charge on any atom is 0.295 e. The van der Waals surface area contributed by atoms with Crippen LogP contribution in [0.15, 0.2) is 29.8 Å². The number of rotatable bonds is 6. The fourth-order valence-corrected chi connectivity index (χ4v) is 3.89. The molecule has 8 heteroatoms. The number of ketones is 1. The van der Waals surface area contributed by atoms with E-state index in [1.807, 2.05) is 44.1 Å². The standard InChI is InChI=1S/C22H28N4O4/c1-13-17(14(2)25(5)23-13)20(27)18-19(15-9-7-8-10-16(15)30-6)26(12-11-24(3)4)22(29)21(18)28/h7-10,19,27H,11-12H2,1-6H3/t19-/m0/s1. The van der Waals surface area contributed by atoms with Gasteiger partial charge in [0.25, 0.3) is 11.7 Å². The molecule has 0 radical (unpaired) electrons.